The SMILES string of the molecule is CC1=CC(C)=C(C)C1c1cc2ccccc2cc1C#N. The van der Waals surface area contributed by atoms with E-state index in [0.29, 0.717) is 0 Å². The third kappa shape index (κ3) is 1.85. The molecule has 0 radical (unpaired) electrons. The molecule has 0 fully saturated rings. The summed E-state index contributed by atoms with van der Waals surface area (Å²) < 4.78 is 0. The minimum Gasteiger partial charge on any atom is -0.192 e. The van der Waals surface area contributed by atoms with Gasteiger partial charge in [0.2, 0.25) is 0 Å². The van der Waals surface area contributed by atoms with Crippen molar-refractivity contribution in [1.29, 1.82) is 5.26 Å². The average Bonchev–Trinajstić information content (AvgIpc) is 2.70. The first kappa shape index (κ1) is 12.7. The molecule has 0 aromatic heterocycles. The van der Waals surface area contributed by atoms with E-state index in [9.17, 15) is 5.26 Å². The molecule has 0 amide bonds. The highest BCUT2D eigenvalue weighted by atomic mass is 14.3. The number of rotatable bonds is 1. The lowest BCUT2D eigenvalue weighted by molar-refractivity contribution is 0.936. The van der Waals surface area contributed by atoms with Crippen molar-refractivity contribution in [3.8, 4) is 6.07 Å². The van der Waals surface area contributed by atoms with Crippen LogP contribution in [-0.2, 0) is 0 Å². The molecule has 2 aromatic carbocycles. The molecule has 1 unspecified atom stereocenters. The van der Waals surface area contributed by atoms with E-state index in [0.717, 1.165) is 16.5 Å². The third-order valence-electron chi connectivity index (χ3n) is 4.30. The van der Waals surface area contributed by atoms with Crippen LogP contribution in [0.2, 0.25) is 0 Å². The van der Waals surface area contributed by atoms with E-state index in [-0.39, 0.29) is 5.92 Å². The Balaban J connectivity index is 2.27. The fourth-order valence-corrected chi connectivity index (χ4v) is 3.18. The molecule has 1 aliphatic rings. The molecule has 0 bridgehead atoms. The zero-order valence-electron chi connectivity index (χ0n) is 12.1. The summed E-state index contributed by atoms with van der Waals surface area (Å²) in [5.41, 5.74) is 5.93. The Bertz CT molecular complexity index is 800. The number of nitriles is 1. The van der Waals surface area contributed by atoms with Gasteiger partial charge >= 0.3 is 0 Å². The average molecular weight is 259 g/mol. The maximum absolute atomic E-state index is 9.49. The van der Waals surface area contributed by atoms with Crippen molar-refractivity contribution in [2.45, 2.75) is 26.7 Å². The number of fused-ring (bicyclic) bond motifs is 1. The van der Waals surface area contributed by atoms with Crippen LogP contribution in [0, 0.1) is 11.3 Å². The van der Waals surface area contributed by atoms with Crippen molar-refractivity contribution in [3.63, 3.8) is 0 Å². The topological polar surface area (TPSA) is 23.8 Å². The maximum atomic E-state index is 9.49. The Kier molecular flexibility index (Phi) is 2.95. The summed E-state index contributed by atoms with van der Waals surface area (Å²) in [6, 6.07) is 14.8. The predicted octanol–water partition coefficient (Wildman–Crippen LogP) is 5.09. The van der Waals surface area contributed by atoms with Gasteiger partial charge in [0.1, 0.15) is 0 Å². The van der Waals surface area contributed by atoms with Gasteiger partial charge in [-0.15, -0.1) is 0 Å². The van der Waals surface area contributed by atoms with E-state index >= 15 is 0 Å². The second-order valence-corrected chi connectivity index (χ2v) is 5.59. The lowest BCUT2D eigenvalue weighted by atomic mass is 9.85. The van der Waals surface area contributed by atoms with Gasteiger partial charge in [0.05, 0.1) is 11.6 Å². The highest BCUT2D eigenvalue weighted by Crippen LogP contribution is 2.41. The summed E-state index contributed by atoms with van der Waals surface area (Å²) >= 11 is 0. The molecular formula is C19H17N. The van der Waals surface area contributed by atoms with Crippen LogP contribution >= 0.6 is 0 Å². The van der Waals surface area contributed by atoms with Crippen LogP contribution in [0.4, 0.5) is 0 Å². The van der Waals surface area contributed by atoms with Crippen LogP contribution in [0.3, 0.4) is 0 Å². The highest BCUT2D eigenvalue weighted by molar-refractivity contribution is 5.85. The predicted molar refractivity (Wildman–Crippen MR) is 83.5 cm³/mol. The molecule has 1 heteroatoms. The minimum absolute atomic E-state index is 0.259. The Morgan fingerprint density at radius 3 is 2.20 bits per heavy atom. The summed E-state index contributed by atoms with van der Waals surface area (Å²) in [4.78, 5) is 0. The maximum Gasteiger partial charge on any atom is 0.0995 e. The first-order valence-corrected chi connectivity index (χ1v) is 6.90. The Hall–Kier alpha value is -2.33. The van der Waals surface area contributed by atoms with Gasteiger partial charge in [-0.25, -0.2) is 0 Å². The van der Waals surface area contributed by atoms with Crippen LogP contribution in [0.25, 0.3) is 10.8 Å². The van der Waals surface area contributed by atoms with E-state index in [1.807, 2.05) is 18.2 Å². The van der Waals surface area contributed by atoms with E-state index < -0.39 is 0 Å². The third-order valence-corrected chi connectivity index (χ3v) is 4.30. The normalized spacial score (nSPS) is 18.3. The van der Waals surface area contributed by atoms with Gasteiger partial charge in [0, 0.05) is 5.92 Å². The molecule has 3 rings (SSSR count). The summed E-state index contributed by atoms with van der Waals surface area (Å²) in [6.07, 6.45) is 2.23. The molecule has 1 nitrogen and oxygen atoms in total. The lowest BCUT2D eigenvalue weighted by Gasteiger charge is -2.18. The lowest BCUT2D eigenvalue weighted by Crippen LogP contribution is -2.02. The van der Waals surface area contributed by atoms with Crippen LogP contribution in [0.15, 0.2) is 59.2 Å². The van der Waals surface area contributed by atoms with Crippen molar-refractivity contribution in [2.24, 2.45) is 0 Å². The zero-order chi connectivity index (χ0) is 14.3. The Labute approximate surface area is 119 Å². The minimum atomic E-state index is 0.259. The Morgan fingerprint density at radius 2 is 1.65 bits per heavy atom. The molecule has 20 heavy (non-hydrogen) atoms. The molecule has 98 valence electrons. The van der Waals surface area contributed by atoms with Gasteiger partial charge in [0.15, 0.2) is 0 Å². The fourth-order valence-electron chi connectivity index (χ4n) is 3.18. The van der Waals surface area contributed by atoms with Crippen LogP contribution in [-0.4, -0.2) is 0 Å². The van der Waals surface area contributed by atoms with E-state index in [4.69, 9.17) is 0 Å². The molecular weight excluding hydrogens is 242 g/mol. The van der Waals surface area contributed by atoms with E-state index in [1.54, 1.807) is 0 Å². The van der Waals surface area contributed by atoms with Gasteiger partial charge in [-0.05, 0) is 49.2 Å². The van der Waals surface area contributed by atoms with Crippen molar-refractivity contribution in [1.82, 2.24) is 0 Å². The molecule has 0 heterocycles. The van der Waals surface area contributed by atoms with Gasteiger partial charge in [-0.2, -0.15) is 5.26 Å². The van der Waals surface area contributed by atoms with Gasteiger partial charge in [-0.3, -0.25) is 0 Å². The summed E-state index contributed by atoms with van der Waals surface area (Å²) in [7, 11) is 0. The molecule has 0 aliphatic heterocycles. The van der Waals surface area contributed by atoms with E-state index in [1.165, 1.54) is 22.1 Å². The van der Waals surface area contributed by atoms with Crippen molar-refractivity contribution < 1.29 is 0 Å². The van der Waals surface area contributed by atoms with Gasteiger partial charge in [-0.1, -0.05) is 47.1 Å². The quantitative estimate of drug-likeness (QED) is 0.699. The number of hydrogen-bond donors (Lipinski definition) is 0. The summed E-state index contributed by atoms with van der Waals surface area (Å²) in [6.45, 7) is 6.47. The second kappa shape index (κ2) is 4.65. The number of nitrogens with zero attached hydrogens (tertiary/aromatic N) is 1. The molecule has 0 N–H and O–H groups in total. The van der Waals surface area contributed by atoms with Crippen molar-refractivity contribution >= 4 is 10.8 Å². The standard InChI is InChI=1S/C19H17N/c1-12-8-13(2)19(14(12)3)18-10-16-7-5-4-6-15(16)9-17(18)11-20/h4-10,19H,1-3H3. The summed E-state index contributed by atoms with van der Waals surface area (Å²) in [5.74, 6) is 0.259. The van der Waals surface area contributed by atoms with Crippen molar-refractivity contribution in [3.05, 3.63) is 70.3 Å². The van der Waals surface area contributed by atoms with Gasteiger partial charge in [0.25, 0.3) is 0 Å². The molecule has 0 saturated carbocycles. The van der Waals surface area contributed by atoms with E-state index in [2.05, 4.69) is 51.1 Å². The second-order valence-electron chi connectivity index (χ2n) is 5.59. The van der Waals surface area contributed by atoms with Crippen LogP contribution in [0.5, 0.6) is 0 Å². The van der Waals surface area contributed by atoms with Crippen LogP contribution < -0.4 is 0 Å². The van der Waals surface area contributed by atoms with Crippen molar-refractivity contribution in [2.75, 3.05) is 0 Å². The Morgan fingerprint density at radius 1 is 1.00 bits per heavy atom. The molecule has 1 aliphatic carbocycles. The van der Waals surface area contributed by atoms with Crippen LogP contribution in [0.1, 0.15) is 37.8 Å². The number of allylic oxidation sites excluding steroid dienone is 4. The molecule has 0 saturated heterocycles. The number of hydrogen-bond acceptors (Lipinski definition) is 1. The smallest absolute Gasteiger partial charge is 0.0995 e. The monoisotopic (exact) mass is 259 g/mol. The fraction of sp³-hybridized carbons (Fsp3) is 0.211. The molecule has 0 spiro atoms. The zero-order valence-corrected chi connectivity index (χ0v) is 12.1. The summed E-state index contributed by atoms with van der Waals surface area (Å²) in [5, 5.41) is 11.8. The largest absolute Gasteiger partial charge is 0.192 e. The van der Waals surface area contributed by atoms with Gasteiger partial charge < -0.3 is 0 Å². The number of benzene rings is 2. The highest BCUT2D eigenvalue weighted by Gasteiger charge is 2.24. The first-order valence-electron chi connectivity index (χ1n) is 6.90. The molecule has 1 atom stereocenters. The first-order chi connectivity index (χ1) is 9.61. The molecule has 2 aromatic rings.